The summed E-state index contributed by atoms with van der Waals surface area (Å²) in [7, 11) is 1.58. The van der Waals surface area contributed by atoms with Crippen molar-refractivity contribution in [2.75, 3.05) is 26.7 Å². The minimum Gasteiger partial charge on any atom is -0.361 e. The Kier molecular flexibility index (Phi) is 6.84. The van der Waals surface area contributed by atoms with Gasteiger partial charge in [-0.15, -0.1) is 0 Å². The highest BCUT2D eigenvalue weighted by atomic mass is 19.1. The number of nitrogens with zero attached hydrogens (tertiary/aromatic N) is 1. The summed E-state index contributed by atoms with van der Waals surface area (Å²) in [6, 6.07) is 23.7. The molecule has 2 amide bonds. The monoisotopic (exact) mass is 446 g/mol. The van der Waals surface area contributed by atoms with Crippen LogP contribution in [0.2, 0.25) is 0 Å². The zero-order valence-electron chi connectivity index (χ0n) is 18.6. The Morgan fingerprint density at radius 2 is 1.58 bits per heavy atom. The fraction of sp³-hybridized carbons (Fsp3) is 0.259. The first kappa shape index (κ1) is 22.7. The van der Waals surface area contributed by atoms with Crippen molar-refractivity contribution in [3.05, 3.63) is 95.8 Å². The molecular weight excluding hydrogens is 419 g/mol. The number of morpholine rings is 1. The number of carbonyl (C=O) groups excluding carboxylic acids is 2. The van der Waals surface area contributed by atoms with E-state index in [1.807, 2.05) is 54.6 Å². The molecule has 1 saturated heterocycles. The predicted molar refractivity (Wildman–Crippen MR) is 125 cm³/mol. The molecule has 0 aliphatic carbocycles. The Morgan fingerprint density at radius 1 is 0.939 bits per heavy atom. The molecule has 3 aromatic rings. The Bertz CT molecular complexity index is 1100. The van der Waals surface area contributed by atoms with Gasteiger partial charge in [0.2, 0.25) is 5.91 Å². The van der Waals surface area contributed by atoms with Gasteiger partial charge in [0.1, 0.15) is 5.82 Å². The summed E-state index contributed by atoms with van der Waals surface area (Å²) in [6.07, 6.45) is 0.627. The average Bonchev–Trinajstić information content (AvgIpc) is 2.85. The standard InChI is InChI=1S/C27H27FN2O3/c1-29-26(32)27(18-21-7-9-22(10-8-21)23-11-13-24(28)14-12-23)19-30(15-16-33-27)25(31)17-20-5-3-2-4-6-20/h2-14H,15-19H2,1H3,(H,29,32)/t27-/m1/s1. The van der Waals surface area contributed by atoms with Crippen molar-refractivity contribution in [3.8, 4) is 11.1 Å². The molecule has 5 nitrogen and oxygen atoms in total. The molecule has 0 unspecified atom stereocenters. The van der Waals surface area contributed by atoms with Gasteiger partial charge in [-0.05, 0) is 34.4 Å². The molecule has 1 aliphatic heterocycles. The highest BCUT2D eigenvalue weighted by Gasteiger charge is 2.44. The third-order valence-electron chi connectivity index (χ3n) is 6.00. The van der Waals surface area contributed by atoms with Crippen LogP contribution < -0.4 is 5.32 Å². The van der Waals surface area contributed by atoms with E-state index < -0.39 is 5.60 Å². The zero-order valence-corrected chi connectivity index (χ0v) is 18.6. The lowest BCUT2D eigenvalue weighted by molar-refractivity contribution is -0.165. The average molecular weight is 447 g/mol. The van der Waals surface area contributed by atoms with E-state index in [1.54, 1.807) is 24.1 Å². The maximum atomic E-state index is 13.2. The van der Waals surface area contributed by atoms with Crippen molar-refractivity contribution in [1.29, 1.82) is 0 Å². The maximum Gasteiger partial charge on any atom is 0.254 e. The van der Waals surface area contributed by atoms with Gasteiger partial charge in [-0.3, -0.25) is 9.59 Å². The largest absolute Gasteiger partial charge is 0.361 e. The fourth-order valence-corrected chi connectivity index (χ4v) is 4.22. The Labute approximate surface area is 193 Å². The van der Waals surface area contributed by atoms with Gasteiger partial charge in [0, 0.05) is 20.0 Å². The Balaban J connectivity index is 1.51. The van der Waals surface area contributed by atoms with Crippen LogP contribution in [-0.2, 0) is 27.2 Å². The molecule has 3 aromatic carbocycles. The lowest BCUT2D eigenvalue weighted by Crippen LogP contribution is -2.61. The molecule has 0 bridgehead atoms. The summed E-state index contributed by atoms with van der Waals surface area (Å²) in [5.74, 6) is -0.546. The number of benzene rings is 3. The number of likely N-dealkylation sites (N-methyl/N-ethyl adjacent to an activating group) is 1. The number of amides is 2. The van der Waals surface area contributed by atoms with Crippen molar-refractivity contribution in [1.82, 2.24) is 10.2 Å². The van der Waals surface area contributed by atoms with E-state index in [-0.39, 0.29) is 30.6 Å². The van der Waals surface area contributed by atoms with Gasteiger partial charge in [0.25, 0.3) is 5.91 Å². The molecule has 1 atom stereocenters. The molecule has 0 saturated carbocycles. The molecule has 6 heteroatoms. The number of rotatable bonds is 6. The second kappa shape index (κ2) is 9.96. The molecule has 33 heavy (non-hydrogen) atoms. The van der Waals surface area contributed by atoms with E-state index in [9.17, 15) is 14.0 Å². The number of halogens is 1. The molecular formula is C27H27FN2O3. The Morgan fingerprint density at radius 3 is 2.21 bits per heavy atom. The number of carbonyl (C=O) groups is 2. The van der Waals surface area contributed by atoms with Crippen LogP contribution in [-0.4, -0.2) is 49.1 Å². The summed E-state index contributed by atoms with van der Waals surface area (Å²) in [5, 5.41) is 2.71. The van der Waals surface area contributed by atoms with Crippen molar-refractivity contribution >= 4 is 11.8 Å². The lowest BCUT2D eigenvalue weighted by atomic mass is 9.90. The van der Waals surface area contributed by atoms with Crippen molar-refractivity contribution in [2.45, 2.75) is 18.4 Å². The minimum atomic E-state index is -1.16. The molecule has 1 aliphatic rings. The van der Waals surface area contributed by atoms with E-state index in [1.165, 1.54) is 12.1 Å². The van der Waals surface area contributed by atoms with Gasteiger partial charge in [-0.2, -0.15) is 0 Å². The smallest absolute Gasteiger partial charge is 0.254 e. The molecule has 4 rings (SSSR count). The molecule has 1 fully saturated rings. The SMILES string of the molecule is CNC(=O)[C@@]1(Cc2ccc(-c3ccc(F)cc3)cc2)CN(C(=O)Cc2ccccc2)CCO1. The predicted octanol–water partition coefficient (Wildman–Crippen LogP) is 3.62. The number of ether oxygens (including phenoxy) is 1. The van der Waals surface area contributed by atoms with Crippen LogP contribution in [0.5, 0.6) is 0 Å². The molecule has 0 radical (unpaired) electrons. The molecule has 0 spiro atoms. The number of hydrogen-bond acceptors (Lipinski definition) is 3. The van der Waals surface area contributed by atoms with E-state index in [2.05, 4.69) is 5.32 Å². The highest BCUT2D eigenvalue weighted by molar-refractivity contribution is 5.87. The minimum absolute atomic E-state index is 0.0237. The first-order chi connectivity index (χ1) is 16.0. The third-order valence-corrected chi connectivity index (χ3v) is 6.00. The van der Waals surface area contributed by atoms with E-state index >= 15 is 0 Å². The van der Waals surface area contributed by atoms with Crippen molar-refractivity contribution in [3.63, 3.8) is 0 Å². The van der Waals surface area contributed by atoms with Crippen LogP contribution in [0.1, 0.15) is 11.1 Å². The van der Waals surface area contributed by atoms with Gasteiger partial charge in [0.05, 0.1) is 19.6 Å². The van der Waals surface area contributed by atoms with Gasteiger partial charge in [-0.1, -0.05) is 66.7 Å². The fourth-order valence-electron chi connectivity index (χ4n) is 4.22. The van der Waals surface area contributed by atoms with E-state index in [0.717, 1.165) is 22.3 Å². The van der Waals surface area contributed by atoms with E-state index in [4.69, 9.17) is 4.74 Å². The first-order valence-electron chi connectivity index (χ1n) is 11.0. The van der Waals surface area contributed by atoms with Gasteiger partial charge in [0.15, 0.2) is 5.60 Å². The molecule has 0 aromatic heterocycles. The van der Waals surface area contributed by atoms with Crippen LogP contribution in [0.15, 0.2) is 78.9 Å². The number of nitrogens with one attached hydrogen (secondary N) is 1. The zero-order chi connectivity index (χ0) is 23.3. The summed E-state index contributed by atoms with van der Waals surface area (Å²) in [6.45, 7) is 0.938. The molecule has 1 N–H and O–H groups in total. The molecule has 170 valence electrons. The van der Waals surface area contributed by atoms with Crippen LogP contribution in [0, 0.1) is 5.82 Å². The summed E-state index contributed by atoms with van der Waals surface area (Å²) in [5.41, 5.74) is 2.57. The second-order valence-electron chi connectivity index (χ2n) is 8.28. The topological polar surface area (TPSA) is 58.6 Å². The Hall–Kier alpha value is -3.51. The van der Waals surface area contributed by atoms with Crippen molar-refractivity contribution in [2.24, 2.45) is 0 Å². The van der Waals surface area contributed by atoms with Gasteiger partial charge in [-0.25, -0.2) is 4.39 Å². The normalized spacial score (nSPS) is 18.1. The van der Waals surface area contributed by atoms with Crippen LogP contribution >= 0.6 is 0 Å². The third kappa shape index (κ3) is 5.29. The molecule has 1 heterocycles. The van der Waals surface area contributed by atoms with Gasteiger partial charge >= 0.3 is 0 Å². The van der Waals surface area contributed by atoms with E-state index in [0.29, 0.717) is 19.6 Å². The summed E-state index contributed by atoms with van der Waals surface area (Å²) in [4.78, 5) is 27.6. The van der Waals surface area contributed by atoms with Crippen LogP contribution in [0.4, 0.5) is 4.39 Å². The highest BCUT2D eigenvalue weighted by Crippen LogP contribution is 2.27. The number of hydrogen-bond donors (Lipinski definition) is 1. The lowest BCUT2D eigenvalue weighted by Gasteiger charge is -2.41. The summed E-state index contributed by atoms with van der Waals surface area (Å²) < 4.78 is 19.2. The van der Waals surface area contributed by atoms with Gasteiger partial charge < -0.3 is 15.0 Å². The van der Waals surface area contributed by atoms with Crippen molar-refractivity contribution < 1.29 is 18.7 Å². The van der Waals surface area contributed by atoms with Crippen LogP contribution in [0.3, 0.4) is 0 Å². The summed E-state index contributed by atoms with van der Waals surface area (Å²) >= 11 is 0. The maximum absolute atomic E-state index is 13.2. The second-order valence-corrected chi connectivity index (χ2v) is 8.28. The van der Waals surface area contributed by atoms with Crippen LogP contribution in [0.25, 0.3) is 11.1 Å². The quantitative estimate of drug-likeness (QED) is 0.629. The first-order valence-corrected chi connectivity index (χ1v) is 11.0.